The molecule has 2 amide bonds. The maximum Gasteiger partial charge on any atom is 0.255 e. The highest BCUT2D eigenvalue weighted by molar-refractivity contribution is 7.89. The molecule has 0 aliphatic carbocycles. The Labute approximate surface area is 191 Å². The van der Waals surface area contributed by atoms with E-state index in [0.29, 0.717) is 30.9 Å². The van der Waals surface area contributed by atoms with Crippen LogP contribution in [0.2, 0.25) is 5.02 Å². The lowest BCUT2D eigenvalue weighted by atomic mass is 10.2. The summed E-state index contributed by atoms with van der Waals surface area (Å²) in [6.45, 7) is 1.35. The van der Waals surface area contributed by atoms with Gasteiger partial charge in [-0.25, -0.2) is 13.1 Å². The van der Waals surface area contributed by atoms with Crippen molar-refractivity contribution in [2.24, 2.45) is 0 Å². The summed E-state index contributed by atoms with van der Waals surface area (Å²) >= 11 is 6.14. The number of amides is 2. The lowest BCUT2D eigenvalue weighted by Crippen LogP contribution is -2.32. The molecule has 2 N–H and O–H groups in total. The van der Waals surface area contributed by atoms with E-state index in [1.54, 1.807) is 29.2 Å². The van der Waals surface area contributed by atoms with Gasteiger partial charge in [-0.2, -0.15) is 0 Å². The number of rotatable bonds is 7. The number of halogens is 1. The molecule has 2 heterocycles. The fourth-order valence-corrected chi connectivity index (χ4v) is 5.44. The highest BCUT2D eigenvalue weighted by Gasteiger charge is 2.26. The molecule has 32 heavy (non-hydrogen) atoms. The van der Waals surface area contributed by atoms with E-state index in [4.69, 9.17) is 16.3 Å². The van der Waals surface area contributed by atoms with E-state index >= 15 is 0 Å². The van der Waals surface area contributed by atoms with Crippen LogP contribution in [0.1, 0.15) is 36.0 Å². The smallest absolute Gasteiger partial charge is 0.255 e. The van der Waals surface area contributed by atoms with Crippen LogP contribution in [0.4, 0.5) is 11.4 Å². The summed E-state index contributed by atoms with van der Waals surface area (Å²) in [5, 5.41) is 2.81. The normalized spacial score (nSPS) is 18.8. The van der Waals surface area contributed by atoms with Gasteiger partial charge in [0.25, 0.3) is 5.91 Å². The predicted octanol–water partition coefficient (Wildman–Crippen LogP) is 3.18. The topological polar surface area (TPSA) is 105 Å². The van der Waals surface area contributed by atoms with Crippen molar-refractivity contribution in [1.82, 2.24) is 4.72 Å². The summed E-state index contributed by atoms with van der Waals surface area (Å²) in [5.74, 6) is -0.500. The number of benzene rings is 2. The van der Waals surface area contributed by atoms with Crippen LogP contribution in [0.3, 0.4) is 0 Å². The van der Waals surface area contributed by atoms with E-state index in [2.05, 4.69) is 10.0 Å². The second-order valence-electron chi connectivity index (χ2n) is 7.75. The minimum atomic E-state index is -3.93. The average Bonchev–Trinajstić information content (AvgIpc) is 3.44. The van der Waals surface area contributed by atoms with E-state index in [1.165, 1.54) is 18.2 Å². The number of hydrogen-bond donors (Lipinski definition) is 2. The Morgan fingerprint density at radius 2 is 2.00 bits per heavy atom. The molecule has 8 nitrogen and oxygen atoms in total. The number of nitrogens with one attached hydrogen (secondary N) is 2. The van der Waals surface area contributed by atoms with E-state index in [-0.39, 0.29) is 34.0 Å². The van der Waals surface area contributed by atoms with Gasteiger partial charge in [0, 0.05) is 31.7 Å². The fraction of sp³-hybridized carbons (Fsp3) is 0.364. The van der Waals surface area contributed by atoms with E-state index in [0.717, 1.165) is 19.3 Å². The molecule has 0 radical (unpaired) electrons. The number of para-hydroxylation sites is 2. The van der Waals surface area contributed by atoms with Gasteiger partial charge in [0.15, 0.2) is 0 Å². The van der Waals surface area contributed by atoms with Gasteiger partial charge in [-0.05, 0) is 49.6 Å². The summed E-state index contributed by atoms with van der Waals surface area (Å²) in [6.07, 6.45) is 2.75. The largest absolute Gasteiger partial charge is 0.377 e. The molecule has 0 unspecified atom stereocenters. The molecule has 0 spiro atoms. The SMILES string of the molecule is O=C(Nc1ccccc1N1CCCC1=O)c1ccc(Cl)c(S(=O)(=O)NC[C@@H]2CCCO2)c1. The Morgan fingerprint density at radius 1 is 1.19 bits per heavy atom. The van der Waals surface area contributed by atoms with E-state index in [9.17, 15) is 18.0 Å². The molecule has 2 saturated heterocycles. The predicted molar refractivity (Wildman–Crippen MR) is 122 cm³/mol. The van der Waals surface area contributed by atoms with Crippen molar-refractivity contribution >= 4 is 44.8 Å². The van der Waals surface area contributed by atoms with Crippen LogP contribution in [0, 0.1) is 0 Å². The summed E-state index contributed by atoms with van der Waals surface area (Å²) < 4.78 is 33.5. The minimum absolute atomic E-state index is 0.00360. The van der Waals surface area contributed by atoms with Gasteiger partial charge in [-0.1, -0.05) is 23.7 Å². The Balaban J connectivity index is 1.53. The maximum absolute atomic E-state index is 12.9. The van der Waals surface area contributed by atoms with Gasteiger partial charge >= 0.3 is 0 Å². The molecule has 0 aromatic heterocycles. The van der Waals surface area contributed by atoms with Gasteiger partial charge in [0.1, 0.15) is 4.90 Å². The molecule has 2 fully saturated rings. The van der Waals surface area contributed by atoms with Crippen LogP contribution in [0.15, 0.2) is 47.4 Å². The first-order valence-electron chi connectivity index (χ1n) is 10.5. The minimum Gasteiger partial charge on any atom is -0.377 e. The van der Waals surface area contributed by atoms with Gasteiger partial charge in [0.2, 0.25) is 15.9 Å². The highest BCUT2D eigenvalue weighted by Crippen LogP contribution is 2.30. The number of sulfonamides is 1. The quantitative estimate of drug-likeness (QED) is 0.637. The van der Waals surface area contributed by atoms with Crippen molar-refractivity contribution in [3.63, 3.8) is 0 Å². The van der Waals surface area contributed by atoms with Gasteiger partial charge in [0.05, 0.1) is 22.5 Å². The molecular formula is C22H24ClN3O5S. The molecule has 4 rings (SSSR count). The van der Waals surface area contributed by atoms with E-state index in [1.807, 2.05) is 0 Å². The van der Waals surface area contributed by atoms with Crippen LogP contribution in [0.25, 0.3) is 0 Å². The van der Waals surface area contributed by atoms with Gasteiger partial charge in [-0.15, -0.1) is 0 Å². The molecule has 0 saturated carbocycles. The Kier molecular flexibility index (Phi) is 6.80. The average molecular weight is 478 g/mol. The third-order valence-corrected chi connectivity index (χ3v) is 7.43. The fourth-order valence-electron chi connectivity index (χ4n) is 3.85. The Hall–Kier alpha value is -2.46. The van der Waals surface area contributed by atoms with E-state index < -0.39 is 15.9 Å². The second-order valence-corrected chi connectivity index (χ2v) is 9.89. The molecule has 170 valence electrons. The van der Waals surface area contributed by atoms with Crippen molar-refractivity contribution < 1.29 is 22.7 Å². The number of nitrogens with zero attached hydrogens (tertiary/aromatic N) is 1. The lowest BCUT2D eigenvalue weighted by Gasteiger charge is -2.20. The number of anilines is 2. The van der Waals surface area contributed by atoms with Crippen molar-refractivity contribution in [3.8, 4) is 0 Å². The molecule has 2 aliphatic rings. The van der Waals surface area contributed by atoms with Gasteiger partial charge < -0.3 is 15.0 Å². The van der Waals surface area contributed by atoms with Crippen LogP contribution >= 0.6 is 11.6 Å². The summed E-state index contributed by atoms with van der Waals surface area (Å²) in [7, 11) is -3.93. The number of carbonyl (C=O) groups is 2. The standard InChI is InChI=1S/C22H24ClN3O5S/c23-17-10-9-15(13-20(17)32(29,30)24-14-16-5-4-12-31-16)22(28)25-18-6-1-2-7-19(18)26-11-3-8-21(26)27/h1-2,6-7,9-10,13,16,24H,3-5,8,11-12,14H2,(H,25,28)/t16-/m0/s1. The zero-order valence-electron chi connectivity index (χ0n) is 17.3. The first kappa shape index (κ1) is 22.7. The third kappa shape index (κ3) is 4.96. The molecular weight excluding hydrogens is 454 g/mol. The van der Waals surface area contributed by atoms with Gasteiger partial charge in [-0.3, -0.25) is 9.59 Å². The van der Waals surface area contributed by atoms with Crippen LogP contribution in [0.5, 0.6) is 0 Å². The zero-order valence-corrected chi connectivity index (χ0v) is 18.9. The molecule has 0 bridgehead atoms. The summed E-state index contributed by atoms with van der Waals surface area (Å²) in [4.78, 5) is 26.5. The maximum atomic E-state index is 12.9. The monoisotopic (exact) mass is 477 g/mol. The Bertz CT molecular complexity index is 1130. The van der Waals surface area contributed by atoms with Crippen molar-refractivity contribution in [2.45, 2.75) is 36.7 Å². The molecule has 2 aliphatic heterocycles. The highest BCUT2D eigenvalue weighted by atomic mass is 35.5. The third-order valence-electron chi connectivity index (χ3n) is 5.52. The number of hydrogen-bond acceptors (Lipinski definition) is 5. The summed E-state index contributed by atoms with van der Waals surface area (Å²) in [6, 6.07) is 11.1. The number of carbonyl (C=O) groups excluding carboxylic acids is 2. The second kappa shape index (κ2) is 9.58. The molecule has 2 aromatic carbocycles. The lowest BCUT2D eigenvalue weighted by molar-refractivity contribution is -0.117. The summed E-state index contributed by atoms with van der Waals surface area (Å²) in [5.41, 5.74) is 1.22. The van der Waals surface area contributed by atoms with Crippen molar-refractivity contribution in [1.29, 1.82) is 0 Å². The molecule has 2 aromatic rings. The van der Waals surface area contributed by atoms with Crippen LogP contribution in [-0.4, -0.2) is 46.0 Å². The zero-order chi connectivity index (χ0) is 22.7. The Morgan fingerprint density at radius 3 is 2.72 bits per heavy atom. The van der Waals surface area contributed by atoms with Crippen LogP contribution < -0.4 is 14.9 Å². The first-order chi connectivity index (χ1) is 15.3. The van der Waals surface area contributed by atoms with Crippen molar-refractivity contribution in [2.75, 3.05) is 29.9 Å². The first-order valence-corrected chi connectivity index (χ1v) is 12.3. The van der Waals surface area contributed by atoms with Crippen LogP contribution in [-0.2, 0) is 19.6 Å². The van der Waals surface area contributed by atoms with Crippen molar-refractivity contribution in [3.05, 3.63) is 53.1 Å². The number of ether oxygens (including phenoxy) is 1. The molecule has 1 atom stereocenters. The molecule has 10 heteroatoms.